The molecule has 0 atom stereocenters. The van der Waals surface area contributed by atoms with E-state index in [4.69, 9.17) is 16.3 Å². The first-order valence-corrected chi connectivity index (χ1v) is 7.91. The maximum absolute atomic E-state index is 12.1. The Balaban J connectivity index is 2.02. The van der Waals surface area contributed by atoms with Crippen LogP contribution in [0.4, 0.5) is 0 Å². The Morgan fingerprint density at radius 2 is 1.96 bits per heavy atom. The minimum atomic E-state index is -0.159. The molecule has 0 unspecified atom stereocenters. The highest BCUT2D eigenvalue weighted by atomic mass is 35.5. The van der Waals surface area contributed by atoms with E-state index in [1.54, 1.807) is 42.5 Å². The summed E-state index contributed by atoms with van der Waals surface area (Å²) in [5.74, 6) is 0.478. The Kier molecular flexibility index (Phi) is 6.21. The van der Waals surface area contributed by atoms with Gasteiger partial charge in [0.2, 0.25) is 0 Å². The number of allylic oxidation sites excluding steroid dienone is 1. The van der Waals surface area contributed by atoms with Crippen molar-refractivity contribution in [3.8, 4) is 11.5 Å². The predicted molar refractivity (Wildman–Crippen MR) is 97.8 cm³/mol. The second kappa shape index (κ2) is 8.37. The fourth-order valence-corrected chi connectivity index (χ4v) is 2.10. The number of rotatable bonds is 7. The first kappa shape index (κ1) is 17.8. The van der Waals surface area contributed by atoms with E-state index in [1.807, 2.05) is 6.92 Å². The van der Waals surface area contributed by atoms with Crippen LogP contribution < -0.4 is 4.74 Å². The molecule has 124 valence electrons. The lowest BCUT2D eigenvalue weighted by molar-refractivity contribution is 0.104. The molecular formula is C20H19ClO3. The first-order chi connectivity index (χ1) is 11.5. The van der Waals surface area contributed by atoms with Crippen molar-refractivity contribution in [1.82, 2.24) is 0 Å². The second-order valence-electron chi connectivity index (χ2n) is 5.48. The van der Waals surface area contributed by atoms with Crippen LogP contribution in [0.15, 0.2) is 60.7 Å². The molecule has 2 rings (SSSR count). The summed E-state index contributed by atoms with van der Waals surface area (Å²) in [6, 6.07) is 11.6. The van der Waals surface area contributed by atoms with Crippen molar-refractivity contribution < 1.29 is 14.6 Å². The molecule has 3 nitrogen and oxygen atoms in total. The Morgan fingerprint density at radius 3 is 2.58 bits per heavy atom. The largest absolute Gasteiger partial charge is 0.507 e. The van der Waals surface area contributed by atoms with Crippen LogP contribution in [0.25, 0.3) is 6.08 Å². The highest BCUT2D eigenvalue weighted by molar-refractivity contribution is 6.30. The summed E-state index contributed by atoms with van der Waals surface area (Å²) in [4.78, 5) is 12.1. The van der Waals surface area contributed by atoms with Gasteiger partial charge in [0.1, 0.15) is 11.5 Å². The van der Waals surface area contributed by atoms with Crippen molar-refractivity contribution in [2.75, 3.05) is 6.61 Å². The molecule has 1 N–H and O–H groups in total. The van der Waals surface area contributed by atoms with E-state index in [2.05, 4.69) is 6.58 Å². The number of phenols is 1. The molecule has 0 aromatic heterocycles. The van der Waals surface area contributed by atoms with Gasteiger partial charge in [-0.2, -0.15) is 0 Å². The molecule has 4 heteroatoms. The maximum atomic E-state index is 12.1. The third-order valence-corrected chi connectivity index (χ3v) is 3.59. The quantitative estimate of drug-likeness (QED) is 0.422. The van der Waals surface area contributed by atoms with Gasteiger partial charge in [-0.3, -0.25) is 4.79 Å². The van der Waals surface area contributed by atoms with Gasteiger partial charge in [-0.1, -0.05) is 17.2 Å². The number of hydrogen-bond acceptors (Lipinski definition) is 3. The number of halogens is 1. The van der Waals surface area contributed by atoms with Crippen LogP contribution in [-0.2, 0) is 0 Å². The van der Waals surface area contributed by atoms with Gasteiger partial charge in [-0.25, -0.2) is 0 Å². The van der Waals surface area contributed by atoms with Crippen molar-refractivity contribution in [3.05, 3.63) is 76.8 Å². The van der Waals surface area contributed by atoms with Gasteiger partial charge in [0.15, 0.2) is 5.78 Å². The molecule has 0 bridgehead atoms. The van der Waals surface area contributed by atoms with Crippen LogP contribution >= 0.6 is 11.6 Å². The lowest BCUT2D eigenvalue weighted by Crippen LogP contribution is -1.97. The number of carbonyl (C=O) groups excluding carboxylic acids is 1. The number of ketones is 1. The predicted octanol–water partition coefficient (Wildman–Crippen LogP) is 5.29. The van der Waals surface area contributed by atoms with Gasteiger partial charge in [0, 0.05) is 28.6 Å². The smallest absolute Gasteiger partial charge is 0.185 e. The van der Waals surface area contributed by atoms with Crippen LogP contribution in [0.2, 0.25) is 5.02 Å². The fraction of sp³-hybridized carbons (Fsp3) is 0.150. The summed E-state index contributed by atoms with van der Waals surface area (Å²) in [7, 11) is 0. The number of aromatic hydroxyl groups is 1. The van der Waals surface area contributed by atoms with Crippen molar-refractivity contribution in [2.24, 2.45) is 0 Å². The van der Waals surface area contributed by atoms with Crippen LogP contribution in [-0.4, -0.2) is 17.5 Å². The number of phenolic OH excluding ortho intramolecular Hbond substituents is 1. The summed E-state index contributed by atoms with van der Waals surface area (Å²) in [6.45, 7) is 6.26. The van der Waals surface area contributed by atoms with E-state index in [0.29, 0.717) is 28.5 Å². The Labute approximate surface area is 146 Å². The minimum absolute atomic E-state index is 0.0583. The number of carbonyl (C=O) groups is 1. The van der Waals surface area contributed by atoms with E-state index >= 15 is 0 Å². The summed E-state index contributed by atoms with van der Waals surface area (Å²) in [5.41, 5.74) is 2.12. The summed E-state index contributed by atoms with van der Waals surface area (Å²) in [6.07, 6.45) is 3.75. The van der Waals surface area contributed by atoms with Gasteiger partial charge < -0.3 is 9.84 Å². The van der Waals surface area contributed by atoms with Crippen molar-refractivity contribution >= 4 is 23.5 Å². The lowest BCUT2D eigenvalue weighted by Gasteiger charge is -2.07. The molecule has 0 fully saturated rings. The SMILES string of the molecule is C=C(C)CCOc1ccc(/C=C/C(=O)c2ccc(Cl)cc2)c(O)c1. The molecule has 0 spiro atoms. The summed E-state index contributed by atoms with van der Waals surface area (Å²) >= 11 is 5.80. The molecule has 24 heavy (non-hydrogen) atoms. The highest BCUT2D eigenvalue weighted by Gasteiger charge is 2.04. The minimum Gasteiger partial charge on any atom is -0.507 e. The molecule has 2 aromatic carbocycles. The summed E-state index contributed by atoms with van der Waals surface area (Å²) < 4.78 is 5.53. The van der Waals surface area contributed by atoms with Gasteiger partial charge in [0.25, 0.3) is 0 Å². The monoisotopic (exact) mass is 342 g/mol. The zero-order chi connectivity index (χ0) is 17.5. The zero-order valence-corrected chi connectivity index (χ0v) is 14.2. The average molecular weight is 343 g/mol. The van der Waals surface area contributed by atoms with Crippen LogP contribution in [0.3, 0.4) is 0 Å². The Bertz CT molecular complexity index is 761. The fourth-order valence-electron chi connectivity index (χ4n) is 1.97. The molecule has 0 aliphatic heterocycles. The van der Waals surface area contributed by atoms with Crippen molar-refractivity contribution in [1.29, 1.82) is 0 Å². The molecule has 0 aliphatic rings. The van der Waals surface area contributed by atoms with E-state index in [1.165, 1.54) is 12.1 Å². The third kappa shape index (κ3) is 5.28. The van der Waals surface area contributed by atoms with Crippen LogP contribution in [0.1, 0.15) is 29.3 Å². The Morgan fingerprint density at radius 1 is 1.25 bits per heavy atom. The van der Waals surface area contributed by atoms with E-state index in [-0.39, 0.29) is 11.5 Å². The maximum Gasteiger partial charge on any atom is 0.185 e. The average Bonchev–Trinajstić information content (AvgIpc) is 2.54. The first-order valence-electron chi connectivity index (χ1n) is 7.54. The molecule has 0 amide bonds. The van der Waals surface area contributed by atoms with Gasteiger partial charge in [-0.15, -0.1) is 6.58 Å². The van der Waals surface area contributed by atoms with Gasteiger partial charge >= 0.3 is 0 Å². The molecule has 0 saturated carbocycles. The third-order valence-electron chi connectivity index (χ3n) is 3.34. The van der Waals surface area contributed by atoms with E-state index < -0.39 is 0 Å². The Hall–Kier alpha value is -2.52. The molecule has 0 aliphatic carbocycles. The standard InChI is InChI=1S/C20H19ClO3/c1-14(2)11-12-24-18-9-5-16(20(23)13-18)6-10-19(22)15-3-7-17(21)8-4-15/h3-10,13,23H,1,11-12H2,2H3/b10-6+. The van der Waals surface area contributed by atoms with E-state index in [0.717, 1.165) is 12.0 Å². The molecule has 2 aromatic rings. The van der Waals surface area contributed by atoms with E-state index in [9.17, 15) is 9.90 Å². The van der Waals surface area contributed by atoms with Crippen molar-refractivity contribution in [3.63, 3.8) is 0 Å². The summed E-state index contributed by atoms with van der Waals surface area (Å²) in [5, 5.41) is 10.6. The number of hydrogen-bond donors (Lipinski definition) is 1. The highest BCUT2D eigenvalue weighted by Crippen LogP contribution is 2.25. The van der Waals surface area contributed by atoms with Crippen molar-refractivity contribution in [2.45, 2.75) is 13.3 Å². The van der Waals surface area contributed by atoms with Crippen LogP contribution in [0, 0.1) is 0 Å². The second-order valence-corrected chi connectivity index (χ2v) is 5.92. The van der Waals surface area contributed by atoms with Crippen LogP contribution in [0.5, 0.6) is 11.5 Å². The molecule has 0 saturated heterocycles. The number of ether oxygens (including phenoxy) is 1. The topological polar surface area (TPSA) is 46.5 Å². The zero-order valence-electron chi connectivity index (χ0n) is 13.5. The van der Waals surface area contributed by atoms with Gasteiger partial charge in [-0.05, 0) is 55.5 Å². The molecular weight excluding hydrogens is 324 g/mol. The normalized spacial score (nSPS) is 10.8. The lowest BCUT2D eigenvalue weighted by atomic mass is 10.1. The van der Waals surface area contributed by atoms with Gasteiger partial charge in [0.05, 0.1) is 6.61 Å². The number of benzene rings is 2. The molecule has 0 radical (unpaired) electrons. The molecule has 0 heterocycles.